The first kappa shape index (κ1) is 17.1. The summed E-state index contributed by atoms with van der Waals surface area (Å²) in [5.41, 5.74) is 1.55. The molecular weight excluding hydrogens is 345 g/mol. The molecular formula is C18H15ClFN3O2. The molecule has 1 heterocycles. The molecule has 0 unspecified atom stereocenters. The fourth-order valence-electron chi connectivity index (χ4n) is 2.26. The summed E-state index contributed by atoms with van der Waals surface area (Å²) in [5, 5.41) is 7.16. The van der Waals surface area contributed by atoms with Crippen molar-refractivity contribution in [2.45, 2.75) is 13.3 Å². The van der Waals surface area contributed by atoms with Crippen LogP contribution in [0.2, 0.25) is 5.02 Å². The lowest BCUT2D eigenvalue weighted by Crippen LogP contribution is -2.26. The molecule has 2 aromatic carbocycles. The quantitative estimate of drug-likeness (QED) is 0.752. The second-order valence-electron chi connectivity index (χ2n) is 5.51. The van der Waals surface area contributed by atoms with E-state index in [4.69, 9.17) is 16.1 Å². The number of carbonyl (C=O) groups is 1. The molecule has 5 nitrogen and oxygen atoms in total. The van der Waals surface area contributed by atoms with Gasteiger partial charge in [0.1, 0.15) is 5.82 Å². The molecule has 0 fully saturated rings. The van der Waals surface area contributed by atoms with E-state index in [-0.39, 0.29) is 12.1 Å². The van der Waals surface area contributed by atoms with Crippen molar-refractivity contribution in [2.75, 3.05) is 6.54 Å². The maximum atomic E-state index is 13.8. The maximum Gasteiger partial charge on any atom is 0.254 e. The summed E-state index contributed by atoms with van der Waals surface area (Å²) in [5.74, 6) is -0.188. The van der Waals surface area contributed by atoms with Crippen LogP contribution in [-0.4, -0.2) is 22.6 Å². The summed E-state index contributed by atoms with van der Waals surface area (Å²) in [6, 6.07) is 11.5. The number of nitrogens with one attached hydrogen (secondary N) is 1. The molecule has 1 N–H and O–H groups in total. The lowest BCUT2D eigenvalue weighted by atomic mass is 10.1. The maximum absolute atomic E-state index is 13.8. The highest BCUT2D eigenvalue weighted by molar-refractivity contribution is 6.30. The molecule has 1 aromatic heterocycles. The van der Waals surface area contributed by atoms with Gasteiger partial charge in [-0.05, 0) is 48.9 Å². The lowest BCUT2D eigenvalue weighted by molar-refractivity contribution is 0.0949. The van der Waals surface area contributed by atoms with E-state index in [9.17, 15) is 9.18 Å². The van der Waals surface area contributed by atoms with Crippen LogP contribution < -0.4 is 5.32 Å². The Balaban J connectivity index is 1.57. The van der Waals surface area contributed by atoms with Crippen molar-refractivity contribution in [3.05, 3.63) is 70.3 Å². The number of benzene rings is 2. The summed E-state index contributed by atoms with van der Waals surface area (Å²) in [6.45, 7) is 2.02. The van der Waals surface area contributed by atoms with Gasteiger partial charge in [0.25, 0.3) is 5.91 Å². The highest BCUT2D eigenvalue weighted by atomic mass is 35.5. The average molecular weight is 360 g/mol. The Morgan fingerprint density at radius 2 is 2.00 bits per heavy atom. The predicted molar refractivity (Wildman–Crippen MR) is 91.9 cm³/mol. The predicted octanol–water partition coefficient (Wildman–Crippen LogP) is 3.81. The normalized spacial score (nSPS) is 10.7. The number of hydrogen-bond donors (Lipinski definition) is 1. The number of nitrogens with zero attached hydrogens (tertiary/aromatic N) is 2. The molecule has 1 amide bonds. The number of amides is 1. The zero-order valence-corrected chi connectivity index (χ0v) is 14.2. The van der Waals surface area contributed by atoms with E-state index in [2.05, 4.69) is 15.5 Å². The molecule has 3 aromatic rings. The molecule has 0 radical (unpaired) electrons. The average Bonchev–Trinajstić information content (AvgIpc) is 3.04. The Bertz CT molecular complexity index is 894. The van der Waals surface area contributed by atoms with Gasteiger partial charge in [-0.25, -0.2) is 4.39 Å². The minimum atomic E-state index is -0.541. The third-order valence-corrected chi connectivity index (χ3v) is 3.82. The van der Waals surface area contributed by atoms with E-state index >= 15 is 0 Å². The number of aromatic nitrogens is 2. The van der Waals surface area contributed by atoms with E-state index in [0.29, 0.717) is 23.2 Å². The highest BCUT2D eigenvalue weighted by Crippen LogP contribution is 2.18. The molecule has 0 atom stereocenters. The second kappa shape index (κ2) is 7.44. The minimum absolute atomic E-state index is 0.0120. The smallest absolute Gasteiger partial charge is 0.254 e. The first-order valence-corrected chi connectivity index (χ1v) is 8.03. The van der Waals surface area contributed by atoms with Gasteiger partial charge in [-0.15, -0.1) is 0 Å². The zero-order chi connectivity index (χ0) is 17.8. The van der Waals surface area contributed by atoms with E-state index in [1.165, 1.54) is 12.1 Å². The van der Waals surface area contributed by atoms with Gasteiger partial charge in [-0.2, -0.15) is 4.98 Å². The standard InChI is InChI=1S/C18H15ClFN3O2/c1-11-2-7-14(15(20)10-11)18(24)21-9-8-16-22-17(23-25-16)12-3-5-13(19)6-4-12/h2-7,10H,8-9H2,1H3,(H,21,24). The molecule has 25 heavy (non-hydrogen) atoms. The van der Waals surface area contributed by atoms with Gasteiger partial charge in [0.05, 0.1) is 5.56 Å². The number of rotatable bonds is 5. The molecule has 0 bridgehead atoms. The molecule has 0 saturated carbocycles. The largest absolute Gasteiger partial charge is 0.351 e. The SMILES string of the molecule is Cc1ccc(C(=O)NCCc2nc(-c3ccc(Cl)cc3)no2)c(F)c1. The lowest BCUT2D eigenvalue weighted by Gasteiger charge is -2.05. The third-order valence-electron chi connectivity index (χ3n) is 3.56. The van der Waals surface area contributed by atoms with Gasteiger partial charge in [0, 0.05) is 23.6 Å². The van der Waals surface area contributed by atoms with E-state index in [0.717, 1.165) is 11.1 Å². The van der Waals surface area contributed by atoms with Crippen molar-refractivity contribution < 1.29 is 13.7 Å². The molecule has 0 saturated heterocycles. The Labute approximate surface area is 148 Å². The number of aryl methyl sites for hydroxylation is 1. The Morgan fingerprint density at radius 1 is 1.24 bits per heavy atom. The van der Waals surface area contributed by atoms with E-state index < -0.39 is 11.7 Å². The van der Waals surface area contributed by atoms with Crippen LogP contribution in [0.15, 0.2) is 47.0 Å². The summed E-state index contributed by atoms with van der Waals surface area (Å²) < 4.78 is 18.9. The topological polar surface area (TPSA) is 68.0 Å². The van der Waals surface area contributed by atoms with Crippen molar-refractivity contribution in [3.63, 3.8) is 0 Å². The minimum Gasteiger partial charge on any atom is -0.351 e. The second-order valence-corrected chi connectivity index (χ2v) is 5.94. The molecule has 0 aliphatic rings. The fraction of sp³-hybridized carbons (Fsp3) is 0.167. The fourth-order valence-corrected chi connectivity index (χ4v) is 2.38. The monoisotopic (exact) mass is 359 g/mol. The molecule has 0 aliphatic carbocycles. The van der Waals surface area contributed by atoms with Gasteiger partial charge in [0.15, 0.2) is 0 Å². The molecule has 128 valence electrons. The van der Waals surface area contributed by atoms with Crippen molar-refractivity contribution in [1.82, 2.24) is 15.5 Å². The Kier molecular flexibility index (Phi) is 5.09. The number of halogens is 2. The molecule has 0 aliphatic heterocycles. The van der Waals surface area contributed by atoms with Gasteiger partial charge in [-0.1, -0.05) is 22.8 Å². The first-order chi connectivity index (χ1) is 12.0. The van der Waals surface area contributed by atoms with Crippen LogP contribution in [0.5, 0.6) is 0 Å². The van der Waals surface area contributed by atoms with E-state index in [1.807, 2.05) is 0 Å². The van der Waals surface area contributed by atoms with Crippen LogP contribution in [-0.2, 0) is 6.42 Å². The van der Waals surface area contributed by atoms with Crippen molar-refractivity contribution in [3.8, 4) is 11.4 Å². The van der Waals surface area contributed by atoms with Crippen LogP contribution >= 0.6 is 11.6 Å². The van der Waals surface area contributed by atoms with Crippen LogP contribution in [0.1, 0.15) is 21.8 Å². The Morgan fingerprint density at radius 3 is 2.72 bits per heavy atom. The van der Waals surface area contributed by atoms with Gasteiger partial charge < -0.3 is 9.84 Å². The van der Waals surface area contributed by atoms with Gasteiger partial charge in [-0.3, -0.25) is 4.79 Å². The van der Waals surface area contributed by atoms with Crippen LogP contribution in [0, 0.1) is 12.7 Å². The number of hydrogen-bond acceptors (Lipinski definition) is 4. The first-order valence-electron chi connectivity index (χ1n) is 7.66. The summed E-state index contributed by atoms with van der Waals surface area (Å²) >= 11 is 5.84. The van der Waals surface area contributed by atoms with Crippen LogP contribution in [0.25, 0.3) is 11.4 Å². The molecule has 7 heteroatoms. The molecule has 3 rings (SSSR count). The summed E-state index contributed by atoms with van der Waals surface area (Å²) in [7, 11) is 0. The zero-order valence-electron chi connectivity index (χ0n) is 13.4. The number of carbonyl (C=O) groups excluding carboxylic acids is 1. The molecule has 0 spiro atoms. The van der Waals surface area contributed by atoms with Crippen molar-refractivity contribution >= 4 is 17.5 Å². The summed E-state index contributed by atoms with van der Waals surface area (Å²) in [6.07, 6.45) is 0.347. The van der Waals surface area contributed by atoms with Crippen LogP contribution in [0.4, 0.5) is 4.39 Å². The Hall–Kier alpha value is -2.73. The van der Waals surface area contributed by atoms with Crippen molar-refractivity contribution in [2.24, 2.45) is 0 Å². The van der Waals surface area contributed by atoms with Crippen LogP contribution in [0.3, 0.4) is 0 Å². The third kappa shape index (κ3) is 4.22. The highest BCUT2D eigenvalue weighted by Gasteiger charge is 2.12. The van der Waals surface area contributed by atoms with E-state index in [1.54, 1.807) is 37.3 Å². The summed E-state index contributed by atoms with van der Waals surface area (Å²) in [4.78, 5) is 16.3. The van der Waals surface area contributed by atoms with Gasteiger partial charge >= 0.3 is 0 Å². The van der Waals surface area contributed by atoms with Crippen molar-refractivity contribution in [1.29, 1.82) is 0 Å². The van der Waals surface area contributed by atoms with Gasteiger partial charge in [0.2, 0.25) is 11.7 Å².